The Kier molecular flexibility index (Phi) is 6.43. The van der Waals surface area contributed by atoms with Gasteiger partial charge in [-0.3, -0.25) is 4.79 Å². The molecule has 1 unspecified atom stereocenters. The quantitative estimate of drug-likeness (QED) is 0.900. The van der Waals surface area contributed by atoms with Crippen LogP contribution in [0, 0.1) is 0 Å². The number of hydrogen-bond acceptors (Lipinski definition) is 3. The predicted octanol–water partition coefficient (Wildman–Crippen LogP) is 3.14. The Morgan fingerprint density at radius 2 is 2.33 bits per heavy atom. The van der Waals surface area contributed by atoms with Gasteiger partial charge in [0.15, 0.2) is 0 Å². The highest BCUT2D eigenvalue weighted by Crippen LogP contribution is 2.26. The number of carbonyl (C=O) groups is 1. The fraction of sp³-hybridized carbons (Fsp3) is 0.583. The first-order chi connectivity index (χ1) is 8.16. The summed E-state index contributed by atoms with van der Waals surface area (Å²) in [7, 11) is 0. The van der Waals surface area contributed by atoms with Crippen LogP contribution in [0.4, 0.5) is 0 Å². The van der Waals surface area contributed by atoms with Gasteiger partial charge in [0.25, 0.3) is 0 Å². The smallest absolute Gasteiger partial charge is 0.237 e. The number of thiophene rings is 1. The Hall–Kier alpha value is -0.290. The lowest BCUT2D eigenvalue weighted by Crippen LogP contribution is -2.47. The molecule has 0 radical (unpaired) electrons. The molecule has 2 N–H and O–H groups in total. The monoisotopic (exact) mass is 308 g/mol. The summed E-state index contributed by atoms with van der Waals surface area (Å²) in [4.78, 5) is 13.1. The zero-order valence-corrected chi connectivity index (χ0v) is 12.6. The number of halogens is 2. The first-order valence-corrected chi connectivity index (χ1v) is 7.15. The van der Waals surface area contributed by atoms with Gasteiger partial charge >= 0.3 is 0 Å². The van der Waals surface area contributed by atoms with Crippen molar-refractivity contribution in [1.29, 1.82) is 0 Å². The van der Waals surface area contributed by atoms with Crippen molar-refractivity contribution in [3.05, 3.63) is 21.3 Å². The molecule has 2 rings (SSSR count). The molecule has 0 saturated carbocycles. The lowest BCUT2D eigenvalue weighted by Gasteiger charge is -2.24. The number of piperidine rings is 1. The zero-order valence-electron chi connectivity index (χ0n) is 10.2. The Morgan fingerprint density at radius 3 is 2.89 bits per heavy atom. The second-order valence-electron chi connectivity index (χ2n) is 4.37. The molecule has 102 valence electrons. The van der Waals surface area contributed by atoms with E-state index in [0.29, 0.717) is 0 Å². The molecule has 1 aliphatic heterocycles. The third-order valence-corrected chi connectivity index (χ3v) is 4.42. The summed E-state index contributed by atoms with van der Waals surface area (Å²) in [5.41, 5.74) is 0. The van der Waals surface area contributed by atoms with Gasteiger partial charge in [-0.15, -0.1) is 23.7 Å². The van der Waals surface area contributed by atoms with Crippen molar-refractivity contribution < 1.29 is 4.79 Å². The normalized spacial score (nSPS) is 20.9. The van der Waals surface area contributed by atoms with Crippen LogP contribution in [-0.2, 0) is 4.79 Å². The van der Waals surface area contributed by atoms with Crippen molar-refractivity contribution in [3.8, 4) is 0 Å². The van der Waals surface area contributed by atoms with Crippen molar-refractivity contribution >= 4 is 41.3 Å². The zero-order chi connectivity index (χ0) is 12.3. The third kappa shape index (κ3) is 4.12. The first kappa shape index (κ1) is 15.8. The Bertz CT molecular complexity index is 391. The Labute approximate surface area is 123 Å². The van der Waals surface area contributed by atoms with Gasteiger partial charge < -0.3 is 10.6 Å². The molecule has 1 aliphatic rings. The minimum atomic E-state index is -0.0263. The van der Waals surface area contributed by atoms with Gasteiger partial charge in [-0.2, -0.15) is 0 Å². The van der Waals surface area contributed by atoms with E-state index < -0.39 is 0 Å². The first-order valence-electron chi connectivity index (χ1n) is 5.96. The summed E-state index contributed by atoms with van der Waals surface area (Å²) >= 11 is 7.40. The highest BCUT2D eigenvalue weighted by Gasteiger charge is 2.22. The Balaban J connectivity index is 0.00000162. The van der Waals surface area contributed by atoms with E-state index in [1.165, 1.54) is 17.8 Å². The van der Waals surface area contributed by atoms with Gasteiger partial charge in [-0.25, -0.2) is 0 Å². The molecular formula is C12H18Cl2N2OS. The topological polar surface area (TPSA) is 41.1 Å². The summed E-state index contributed by atoms with van der Waals surface area (Å²) in [6.07, 6.45) is 3.23. The van der Waals surface area contributed by atoms with E-state index in [2.05, 4.69) is 10.6 Å². The van der Waals surface area contributed by atoms with E-state index in [4.69, 9.17) is 11.6 Å². The average molecular weight is 309 g/mol. The maximum atomic E-state index is 12.0. The highest BCUT2D eigenvalue weighted by atomic mass is 35.5. The molecule has 0 aromatic carbocycles. The van der Waals surface area contributed by atoms with Crippen molar-refractivity contribution in [3.63, 3.8) is 0 Å². The highest BCUT2D eigenvalue weighted by molar-refractivity contribution is 7.16. The standard InChI is InChI=1S/C12H17ClN2OS.ClH/c1-8(10-5-6-11(13)17-10)15-12(16)9-4-2-3-7-14-9;/h5-6,8-9,14H,2-4,7H2,1H3,(H,15,16);1H/t8?,9-;/m0./s1. The average Bonchev–Trinajstić information content (AvgIpc) is 2.77. The maximum absolute atomic E-state index is 12.0. The predicted molar refractivity (Wildman–Crippen MR) is 78.8 cm³/mol. The number of rotatable bonds is 3. The van der Waals surface area contributed by atoms with E-state index in [1.54, 1.807) is 0 Å². The number of amides is 1. The van der Waals surface area contributed by atoms with Crippen LogP contribution in [0.1, 0.15) is 37.1 Å². The van der Waals surface area contributed by atoms with Crippen LogP contribution in [0.3, 0.4) is 0 Å². The number of nitrogens with one attached hydrogen (secondary N) is 2. The molecule has 1 aromatic heterocycles. The van der Waals surface area contributed by atoms with Gasteiger partial charge in [0, 0.05) is 4.88 Å². The van der Waals surface area contributed by atoms with E-state index in [1.807, 2.05) is 19.1 Å². The second-order valence-corrected chi connectivity index (χ2v) is 6.12. The number of hydrogen-bond donors (Lipinski definition) is 2. The maximum Gasteiger partial charge on any atom is 0.237 e. The van der Waals surface area contributed by atoms with Crippen LogP contribution in [0.15, 0.2) is 12.1 Å². The second kappa shape index (κ2) is 7.34. The molecule has 3 nitrogen and oxygen atoms in total. The summed E-state index contributed by atoms with van der Waals surface area (Å²) in [6, 6.07) is 3.83. The minimum Gasteiger partial charge on any atom is -0.347 e. The van der Waals surface area contributed by atoms with Gasteiger partial charge in [0.2, 0.25) is 5.91 Å². The fourth-order valence-corrected chi connectivity index (χ4v) is 3.09. The summed E-state index contributed by atoms with van der Waals surface area (Å²) in [5, 5.41) is 6.28. The van der Waals surface area contributed by atoms with Crippen LogP contribution in [0.2, 0.25) is 4.34 Å². The number of carbonyl (C=O) groups excluding carboxylic acids is 1. The molecule has 1 aromatic rings. The van der Waals surface area contributed by atoms with Gasteiger partial charge in [0.05, 0.1) is 16.4 Å². The van der Waals surface area contributed by atoms with Crippen molar-refractivity contribution in [2.24, 2.45) is 0 Å². The Morgan fingerprint density at radius 1 is 1.56 bits per heavy atom. The van der Waals surface area contributed by atoms with Gasteiger partial charge in [-0.05, 0) is 38.4 Å². The SMILES string of the molecule is CC(NC(=O)[C@@H]1CCCCN1)c1ccc(Cl)s1.Cl. The molecule has 2 atom stereocenters. The summed E-state index contributed by atoms with van der Waals surface area (Å²) in [6.45, 7) is 2.93. The fourth-order valence-electron chi connectivity index (χ4n) is 2.02. The summed E-state index contributed by atoms with van der Waals surface area (Å²) < 4.78 is 0.761. The molecule has 1 saturated heterocycles. The molecule has 6 heteroatoms. The molecular weight excluding hydrogens is 291 g/mol. The van der Waals surface area contributed by atoms with Crippen molar-refractivity contribution in [1.82, 2.24) is 10.6 Å². The van der Waals surface area contributed by atoms with E-state index in [0.717, 1.165) is 28.6 Å². The molecule has 0 spiro atoms. The third-order valence-electron chi connectivity index (χ3n) is 3.01. The van der Waals surface area contributed by atoms with Crippen LogP contribution in [0.5, 0.6) is 0 Å². The molecule has 0 aliphatic carbocycles. The lowest BCUT2D eigenvalue weighted by molar-refractivity contribution is -0.124. The van der Waals surface area contributed by atoms with Crippen LogP contribution < -0.4 is 10.6 Å². The molecule has 1 amide bonds. The summed E-state index contributed by atoms with van der Waals surface area (Å²) in [5.74, 6) is 0.0988. The van der Waals surface area contributed by atoms with Crippen LogP contribution >= 0.6 is 35.3 Å². The minimum absolute atomic E-state index is 0. The van der Waals surface area contributed by atoms with Gasteiger partial charge in [-0.1, -0.05) is 18.0 Å². The van der Waals surface area contributed by atoms with Crippen molar-refractivity contribution in [2.75, 3.05) is 6.54 Å². The van der Waals surface area contributed by atoms with E-state index in [9.17, 15) is 4.79 Å². The molecule has 1 fully saturated rings. The molecule has 2 heterocycles. The van der Waals surface area contributed by atoms with E-state index in [-0.39, 0.29) is 30.4 Å². The molecule has 18 heavy (non-hydrogen) atoms. The largest absolute Gasteiger partial charge is 0.347 e. The van der Waals surface area contributed by atoms with Crippen LogP contribution in [0.25, 0.3) is 0 Å². The lowest BCUT2D eigenvalue weighted by atomic mass is 10.0. The molecule has 0 bridgehead atoms. The van der Waals surface area contributed by atoms with E-state index >= 15 is 0 Å². The van der Waals surface area contributed by atoms with Crippen LogP contribution in [-0.4, -0.2) is 18.5 Å². The van der Waals surface area contributed by atoms with Gasteiger partial charge in [0.1, 0.15) is 0 Å². The van der Waals surface area contributed by atoms with Crippen molar-refractivity contribution in [2.45, 2.75) is 38.3 Å².